The Balaban J connectivity index is 1.38. The van der Waals surface area contributed by atoms with Gasteiger partial charge in [0.25, 0.3) is 0 Å². The third-order valence-electron chi connectivity index (χ3n) is 7.49. The summed E-state index contributed by atoms with van der Waals surface area (Å²) in [6.45, 7) is 0. The number of carbonyl (C=O) groups is 3. The molecular weight excluding hydrogens is 456 g/mol. The van der Waals surface area contributed by atoms with Gasteiger partial charge in [0.05, 0.1) is 28.4 Å². The number of hydrogen-bond acceptors (Lipinski definition) is 5. The maximum Gasteiger partial charge on any atom is 0.240 e. The van der Waals surface area contributed by atoms with Crippen molar-refractivity contribution in [1.29, 1.82) is 0 Å². The number of anilines is 1. The van der Waals surface area contributed by atoms with Gasteiger partial charge in [-0.25, -0.2) is 4.90 Å². The highest BCUT2D eigenvalue weighted by Crippen LogP contribution is 2.53. The lowest BCUT2D eigenvalue weighted by atomic mass is 9.84. The molecule has 0 saturated carbocycles. The second-order valence-corrected chi connectivity index (χ2v) is 10.2. The molecule has 35 heavy (non-hydrogen) atoms. The van der Waals surface area contributed by atoms with Crippen LogP contribution in [0.1, 0.15) is 26.8 Å². The quantitative estimate of drug-likeness (QED) is 0.297. The summed E-state index contributed by atoms with van der Waals surface area (Å²) in [5, 5.41) is 3.86. The first-order valence-corrected chi connectivity index (χ1v) is 12.5. The van der Waals surface area contributed by atoms with E-state index in [2.05, 4.69) is 0 Å². The van der Waals surface area contributed by atoms with E-state index in [0.717, 1.165) is 21.9 Å². The van der Waals surface area contributed by atoms with Gasteiger partial charge in [0.2, 0.25) is 11.8 Å². The second-order valence-electron chi connectivity index (χ2n) is 9.22. The summed E-state index contributed by atoms with van der Waals surface area (Å²) in [7, 11) is 0. The normalized spacial score (nSPS) is 24.6. The Hall–Kier alpha value is -4.03. The molecule has 0 spiro atoms. The average Bonchev–Trinajstić information content (AvgIpc) is 3.60. The minimum absolute atomic E-state index is 0.108. The van der Waals surface area contributed by atoms with Crippen molar-refractivity contribution in [2.45, 2.75) is 12.1 Å². The highest BCUT2D eigenvalue weighted by molar-refractivity contribution is 7.12. The molecule has 7 rings (SSSR count). The third kappa shape index (κ3) is 2.83. The van der Waals surface area contributed by atoms with Crippen LogP contribution in [0.4, 0.5) is 5.69 Å². The van der Waals surface area contributed by atoms with Crippen molar-refractivity contribution in [2.75, 3.05) is 4.90 Å². The summed E-state index contributed by atoms with van der Waals surface area (Å²) in [5.74, 6) is -2.02. The lowest BCUT2D eigenvalue weighted by Gasteiger charge is -2.35. The number of carbonyl (C=O) groups excluding carboxylic acids is 3. The van der Waals surface area contributed by atoms with Crippen LogP contribution in [-0.4, -0.2) is 28.5 Å². The minimum atomic E-state index is -0.746. The van der Waals surface area contributed by atoms with Crippen LogP contribution in [-0.2, 0) is 9.59 Å². The van der Waals surface area contributed by atoms with Gasteiger partial charge in [0, 0.05) is 6.20 Å². The monoisotopic (exact) mass is 476 g/mol. The van der Waals surface area contributed by atoms with Gasteiger partial charge in [-0.2, -0.15) is 0 Å². The average molecular weight is 477 g/mol. The smallest absolute Gasteiger partial charge is 0.240 e. The molecule has 6 heteroatoms. The van der Waals surface area contributed by atoms with Crippen LogP contribution in [0, 0.1) is 11.8 Å². The number of imide groups is 1. The number of fused-ring (bicyclic) bond motifs is 6. The van der Waals surface area contributed by atoms with E-state index in [4.69, 9.17) is 0 Å². The summed E-state index contributed by atoms with van der Waals surface area (Å²) >= 11 is 1.37. The molecule has 3 aliphatic rings. The van der Waals surface area contributed by atoms with Crippen LogP contribution in [0.15, 0.2) is 90.4 Å². The number of Topliss-reactive ketones (excluding diaryl/α,β-unsaturated/α-hetero) is 1. The van der Waals surface area contributed by atoms with Gasteiger partial charge >= 0.3 is 0 Å². The number of hydrogen-bond donors (Lipinski definition) is 0. The van der Waals surface area contributed by atoms with Crippen molar-refractivity contribution in [3.8, 4) is 0 Å². The van der Waals surface area contributed by atoms with E-state index in [1.165, 1.54) is 16.2 Å². The van der Waals surface area contributed by atoms with Gasteiger partial charge in [-0.1, -0.05) is 60.7 Å². The summed E-state index contributed by atoms with van der Waals surface area (Å²) in [6, 6.07) is 24.0. The fraction of sp³-hybridized carbons (Fsp3) is 0.138. The molecule has 2 fully saturated rings. The van der Waals surface area contributed by atoms with Gasteiger partial charge in [-0.15, -0.1) is 11.3 Å². The molecule has 0 bridgehead atoms. The molecule has 4 atom stereocenters. The van der Waals surface area contributed by atoms with E-state index >= 15 is 0 Å². The number of rotatable bonds is 3. The molecule has 0 radical (unpaired) electrons. The van der Waals surface area contributed by atoms with Gasteiger partial charge in [0.1, 0.15) is 6.04 Å². The largest absolute Gasteiger partial charge is 0.358 e. The Kier molecular flexibility index (Phi) is 4.35. The number of nitrogens with zero attached hydrogens (tertiary/aromatic N) is 2. The van der Waals surface area contributed by atoms with Crippen LogP contribution in [0.5, 0.6) is 0 Å². The Bertz CT molecular complexity index is 1560. The zero-order valence-electron chi connectivity index (χ0n) is 18.6. The van der Waals surface area contributed by atoms with Gasteiger partial charge in [-0.05, 0) is 51.6 Å². The molecule has 1 aromatic heterocycles. The van der Waals surface area contributed by atoms with Crippen molar-refractivity contribution >= 4 is 51.5 Å². The molecular formula is C29H20N2O3S. The second kappa shape index (κ2) is 7.48. The Morgan fingerprint density at radius 3 is 2.40 bits per heavy atom. The van der Waals surface area contributed by atoms with Crippen molar-refractivity contribution in [3.05, 3.63) is 106 Å². The Morgan fingerprint density at radius 2 is 1.57 bits per heavy atom. The van der Waals surface area contributed by atoms with Crippen LogP contribution in [0.25, 0.3) is 16.8 Å². The van der Waals surface area contributed by atoms with E-state index in [9.17, 15) is 14.4 Å². The van der Waals surface area contributed by atoms with Crippen LogP contribution in [0.2, 0.25) is 0 Å². The van der Waals surface area contributed by atoms with E-state index in [-0.39, 0.29) is 23.6 Å². The van der Waals surface area contributed by atoms with E-state index in [1.807, 2.05) is 95.4 Å². The maximum atomic E-state index is 14.0. The molecule has 4 aromatic rings. The topological polar surface area (TPSA) is 57.7 Å². The van der Waals surface area contributed by atoms with Gasteiger partial charge < -0.3 is 4.90 Å². The fourth-order valence-electron chi connectivity index (χ4n) is 5.99. The molecule has 2 amide bonds. The molecule has 0 aliphatic carbocycles. The Labute approximate surface area is 205 Å². The lowest BCUT2D eigenvalue weighted by Crippen LogP contribution is -2.44. The third-order valence-corrected chi connectivity index (χ3v) is 8.37. The molecule has 4 heterocycles. The van der Waals surface area contributed by atoms with Crippen molar-refractivity contribution < 1.29 is 14.4 Å². The number of amides is 2. The summed E-state index contributed by atoms with van der Waals surface area (Å²) < 4.78 is 0. The van der Waals surface area contributed by atoms with Crippen molar-refractivity contribution in [1.82, 2.24) is 4.90 Å². The minimum Gasteiger partial charge on any atom is -0.358 e. The van der Waals surface area contributed by atoms with Gasteiger partial charge in [0.15, 0.2) is 5.78 Å². The molecule has 170 valence electrons. The summed E-state index contributed by atoms with van der Waals surface area (Å²) in [6.07, 6.45) is 3.86. The zero-order chi connectivity index (χ0) is 23.7. The molecule has 0 unspecified atom stereocenters. The molecule has 5 nitrogen and oxygen atoms in total. The van der Waals surface area contributed by atoms with E-state index < -0.39 is 17.9 Å². The molecule has 2 saturated heterocycles. The van der Waals surface area contributed by atoms with Crippen molar-refractivity contribution in [3.63, 3.8) is 0 Å². The first-order chi connectivity index (χ1) is 17.1. The lowest BCUT2D eigenvalue weighted by molar-refractivity contribution is -0.123. The zero-order valence-corrected chi connectivity index (χ0v) is 19.4. The molecule has 3 aromatic carbocycles. The SMILES string of the molecule is O=C(c1cccs1)[C@@H]1[C@@H]2C(=O)N(c3ccc4ccccc4c3)C(=O)[C@@H]2[C@@H]2c3ccccc3C=CN12. The predicted molar refractivity (Wildman–Crippen MR) is 136 cm³/mol. The number of ketones is 1. The first kappa shape index (κ1) is 20.4. The maximum absolute atomic E-state index is 14.0. The molecule has 3 aliphatic heterocycles. The first-order valence-electron chi connectivity index (χ1n) is 11.6. The van der Waals surface area contributed by atoms with E-state index in [0.29, 0.717) is 10.6 Å². The van der Waals surface area contributed by atoms with Crippen LogP contribution >= 0.6 is 11.3 Å². The summed E-state index contributed by atoms with van der Waals surface area (Å²) in [4.78, 5) is 45.6. The predicted octanol–water partition coefficient (Wildman–Crippen LogP) is 5.30. The standard InChI is InChI=1S/C29H20N2O3S/c32-27(22-10-5-15-35-22)26-24-23(25-21-9-4-3-7-18(21)13-14-30(25)26)28(33)31(29(24)34)20-12-11-17-6-1-2-8-19(17)16-20/h1-16,23-26H/t23-,24+,25-,26-/m0/s1. The summed E-state index contributed by atoms with van der Waals surface area (Å²) in [5.41, 5.74) is 2.55. The van der Waals surface area contributed by atoms with Gasteiger partial charge in [-0.3, -0.25) is 14.4 Å². The molecule has 0 N–H and O–H groups in total. The number of thiophene rings is 1. The fourth-order valence-corrected chi connectivity index (χ4v) is 6.69. The van der Waals surface area contributed by atoms with E-state index in [1.54, 1.807) is 6.07 Å². The van der Waals surface area contributed by atoms with Crippen LogP contribution in [0.3, 0.4) is 0 Å². The van der Waals surface area contributed by atoms with Crippen LogP contribution < -0.4 is 4.90 Å². The number of benzene rings is 3. The highest BCUT2D eigenvalue weighted by atomic mass is 32.1. The highest BCUT2D eigenvalue weighted by Gasteiger charge is 2.64. The Morgan fingerprint density at radius 1 is 0.800 bits per heavy atom. The van der Waals surface area contributed by atoms with Crippen molar-refractivity contribution in [2.24, 2.45) is 11.8 Å².